The molecule has 8 heteroatoms. The standard InChI is InChI=1S/C25H21F2N5O/c26-17-4-7-19(21(27)11-17)22-8-1-15(12-29-22)13-32-10-9-23-20(14-32)25(33)31-24(30-23)16-2-5-18(28)6-3-16/h1-8,11-12H,9-10,13-14,28H2,(H,30,31,33). The van der Waals surface area contributed by atoms with Crippen LogP contribution in [-0.4, -0.2) is 26.4 Å². The molecule has 0 bridgehead atoms. The lowest BCUT2D eigenvalue weighted by Gasteiger charge is -2.27. The van der Waals surface area contributed by atoms with Crippen molar-refractivity contribution in [3.8, 4) is 22.6 Å². The molecule has 0 saturated heterocycles. The Morgan fingerprint density at radius 1 is 1.06 bits per heavy atom. The molecule has 0 saturated carbocycles. The highest BCUT2D eigenvalue weighted by Gasteiger charge is 2.22. The number of hydrogen-bond donors (Lipinski definition) is 2. The number of fused-ring (bicyclic) bond motifs is 1. The number of halogens is 2. The molecule has 2 aromatic carbocycles. The van der Waals surface area contributed by atoms with E-state index in [4.69, 9.17) is 5.73 Å². The molecule has 166 valence electrons. The topological polar surface area (TPSA) is 87.9 Å². The maximum absolute atomic E-state index is 14.0. The summed E-state index contributed by atoms with van der Waals surface area (Å²) >= 11 is 0. The number of rotatable bonds is 4. The molecule has 3 N–H and O–H groups in total. The van der Waals surface area contributed by atoms with Gasteiger partial charge >= 0.3 is 0 Å². The molecule has 4 aromatic rings. The van der Waals surface area contributed by atoms with Crippen LogP contribution in [0.25, 0.3) is 22.6 Å². The summed E-state index contributed by atoms with van der Waals surface area (Å²) in [6.07, 6.45) is 2.34. The first-order valence-electron chi connectivity index (χ1n) is 10.6. The Kier molecular flexibility index (Phi) is 5.43. The van der Waals surface area contributed by atoms with Crippen LogP contribution < -0.4 is 11.3 Å². The minimum Gasteiger partial charge on any atom is -0.399 e. The van der Waals surface area contributed by atoms with E-state index in [-0.39, 0.29) is 11.1 Å². The predicted molar refractivity (Wildman–Crippen MR) is 122 cm³/mol. The Morgan fingerprint density at radius 2 is 1.88 bits per heavy atom. The van der Waals surface area contributed by atoms with Gasteiger partial charge in [-0.1, -0.05) is 6.07 Å². The number of hydrogen-bond acceptors (Lipinski definition) is 5. The van der Waals surface area contributed by atoms with E-state index in [0.717, 1.165) is 29.4 Å². The fourth-order valence-corrected chi connectivity index (χ4v) is 4.03. The van der Waals surface area contributed by atoms with E-state index in [9.17, 15) is 13.6 Å². The highest BCUT2D eigenvalue weighted by molar-refractivity contribution is 5.60. The first-order valence-corrected chi connectivity index (χ1v) is 10.6. The molecule has 0 spiro atoms. The lowest BCUT2D eigenvalue weighted by Crippen LogP contribution is -2.35. The number of aromatic nitrogens is 3. The first kappa shape index (κ1) is 21.0. The van der Waals surface area contributed by atoms with Crippen molar-refractivity contribution in [1.29, 1.82) is 0 Å². The van der Waals surface area contributed by atoms with E-state index in [1.807, 2.05) is 18.2 Å². The number of nitrogens with one attached hydrogen (secondary N) is 1. The van der Waals surface area contributed by atoms with E-state index in [1.165, 1.54) is 12.1 Å². The molecule has 1 aliphatic heterocycles. The Bertz CT molecular complexity index is 1370. The molecule has 0 unspecified atom stereocenters. The summed E-state index contributed by atoms with van der Waals surface area (Å²) in [5.74, 6) is -0.726. The van der Waals surface area contributed by atoms with E-state index < -0.39 is 11.6 Å². The van der Waals surface area contributed by atoms with Gasteiger partial charge < -0.3 is 10.7 Å². The van der Waals surface area contributed by atoms with Crippen LogP contribution in [0.3, 0.4) is 0 Å². The van der Waals surface area contributed by atoms with Crippen LogP contribution in [0.1, 0.15) is 16.8 Å². The molecule has 2 aromatic heterocycles. The predicted octanol–water partition coefficient (Wildman–Crippen LogP) is 3.92. The van der Waals surface area contributed by atoms with Crippen LogP contribution in [0.5, 0.6) is 0 Å². The summed E-state index contributed by atoms with van der Waals surface area (Å²) in [5, 5.41) is 0. The average Bonchev–Trinajstić information content (AvgIpc) is 2.81. The van der Waals surface area contributed by atoms with Crippen LogP contribution in [0, 0.1) is 11.6 Å². The zero-order valence-corrected chi connectivity index (χ0v) is 17.7. The molecule has 33 heavy (non-hydrogen) atoms. The van der Waals surface area contributed by atoms with Gasteiger partial charge in [-0.15, -0.1) is 0 Å². The van der Waals surface area contributed by atoms with Crippen LogP contribution in [0.2, 0.25) is 0 Å². The van der Waals surface area contributed by atoms with Crippen LogP contribution >= 0.6 is 0 Å². The van der Waals surface area contributed by atoms with Crippen molar-refractivity contribution in [3.63, 3.8) is 0 Å². The lowest BCUT2D eigenvalue weighted by atomic mass is 10.1. The summed E-state index contributed by atoms with van der Waals surface area (Å²) in [4.78, 5) is 26.8. The molecule has 0 atom stereocenters. The van der Waals surface area contributed by atoms with Gasteiger partial charge in [0.1, 0.15) is 17.5 Å². The lowest BCUT2D eigenvalue weighted by molar-refractivity contribution is 0.241. The summed E-state index contributed by atoms with van der Waals surface area (Å²) in [6, 6.07) is 14.3. The largest absolute Gasteiger partial charge is 0.399 e. The maximum Gasteiger partial charge on any atom is 0.255 e. The van der Waals surface area contributed by atoms with Gasteiger partial charge in [-0.3, -0.25) is 14.7 Å². The van der Waals surface area contributed by atoms with Crippen molar-refractivity contribution >= 4 is 5.69 Å². The molecule has 6 nitrogen and oxygen atoms in total. The third-order valence-electron chi connectivity index (χ3n) is 5.77. The van der Waals surface area contributed by atoms with E-state index in [2.05, 4.69) is 19.9 Å². The number of nitrogens with two attached hydrogens (primary N) is 1. The van der Waals surface area contributed by atoms with Crippen molar-refractivity contribution in [3.05, 3.63) is 99.6 Å². The van der Waals surface area contributed by atoms with Crippen molar-refractivity contribution in [2.24, 2.45) is 0 Å². The first-order chi connectivity index (χ1) is 16.0. The maximum atomic E-state index is 14.0. The number of nitrogen functional groups attached to an aromatic ring is 1. The summed E-state index contributed by atoms with van der Waals surface area (Å²) in [6.45, 7) is 1.82. The monoisotopic (exact) mass is 445 g/mol. The molecule has 5 rings (SSSR count). The van der Waals surface area contributed by atoms with Crippen LogP contribution in [0.15, 0.2) is 65.6 Å². The molecule has 0 amide bonds. The van der Waals surface area contributed by atoms with Gasteiger partial charge in [-0.05, 0) is 48.0 Å². The quantitative estimate of drug-likeness (QED) is 0.465. The number of nitrogens with zero attached hydrogens (tertiary/aromatic N) is 3. The van der Waals surface area contributed by atoms with Gasteiger partial charge in [-0.25, -0.2) is 13.8 Å². The molecular formula is C25H21F2N5O. The number of H-pyrrole nitrogens is 1. The summed E-state index contributed by atoms with van der Waals surface area (Å²) in [7, 11) is 0. The third-order valence-corrected chi connectivity index (χ3v) is 5.77. The zero-order valence-electron chi connectivity index (χ0n) is 17.7. The highest BCUT2D eigenvalue weighted by atomic mass is 19.1. The fourth-order valence-electron chi connectivity index (χ4n) is 4.03. The third kappa shape index (κ3) is 4.38. The van der Waals surface area contributed by atoms with Gasteiger partial charge in [0.2, 0.25) is 0 Å². The van der Waals surface area contributed by atoms with Crippen LogP contribution in [0.4, 0.5) is 14.5 Å². The van der Waals surface area contributed by atoms with Gasteiger partial charge in [0.05, 0.1) is 17.0 Å². The zero-order chi connectivity index (χ0) is 22.9. The Morgan fingerprint density at radius 3 is 2.61 bits per heavy atom. The second kappa shape index (κ2) is 8.55. The molecule has 0 radical (unpaired) electrons. The summed E-state index contributed by atoms with van der Waals surface area (Å²) in [5.41, 5.74) is 10.2. The molecule has 3 heterocycles. The van der Waals surface area contributed by atoms with Gasteiger partial charge in [0, 0.05) is 55.1 Å². The number of aromatic amines is 1. The Labute approximate surface area is 188 Å². The van der Waals surface area contributed by atoms with Crippen molar-refractivity contribution in [2.75, 3.05) is 12.3 Å². The van der Waals surface area contributed by atoms with Crippen molar-refractivity contribution in [1.82, 2.24) is 19.9 Å². The average molecular weight is 445 g/mol. The fraction of sp³-hybridized carbons (Fsp3) is 0.160. The SMILES string of the molecule is Nc1ccc(-c2nc3c(c(=O)[nH]2)CN(Cc2ccc(-c4ccc(F)cc4F)nc2)CC3)cc1. The minimum absolute atomic E-state index is 0.142. The van der Waals surface area contributed by atoms with Gasteiger partial charge in [-0.2, -0.15) is 0 Å². The second-order valence-electron chi connectivity index (χ2n) is 8.10. The van der Waals surface area contributed by atoms with Crippen molar-refractivity contribution in [2.45, 2.75) is 19.5 Å². The van der Waals surface area contributed by atoms with Gasteiger partial charge in [0.25, 0.3) is 5.56 Å². The van der Waals surface area contributed by atoms with Gasteiger partial charge in [0.15, 0.2) is 0 Å². The molecule has 0 fully saturated rings. The van der Waals surface area contributed by atoms with E-state index >= 15 is 0 Å². The number of anilines is 1. The Balaban J connectivity index is 1.31. The molecular weight excluding hydrogens is 424 g/mol. The van der Waals surface area contributed by atoms with E-state index in [0.29, 0.717) is 42.3 Å². The number of benzene rings is 2. The molecule has 0 aliphatic carbocycles. The Hall–Kier alpha value is -3.91. The smallest absolute Gasteiger partial charge is 0.255 e. The second-order valence-corrected chi connectivity index (χ2v) is 8.10. The minimum atomic E-state index is -0.645. The number of pyridine rings is 1. The highest BCUT2D eigenvalue weighted by Crippen LogP contribution is 2.23. The van der Waals surface area contributed by atoms with Crippen molar-refractivity contribution < 1.29 is 8.78 Å². The normalized spacial score (nSPS) is 13.6. The van der Waals surface area contributed by atoms with Crippen LogP contribution in [-0.2, 0) is 19.5 Å². The molecule has 1 aliphatic rings. The van der Waals surface area contributed by atoms with E-state index in [1.54, 1.807) is 24.4 Å². The summed E-state index contributed by atoms with van der Waals surface area (Å²) < 4.78 is 27.2.